The van der Waals surface area contributed by atoms with E-state index >= 15 is 0 Å². The number of amidine groups is 1. The lowest BCUT2D eigenvalue weighted by molar-refractivity contribution is 0.415. The van der Waals surface area contributed by atoms with Crippen LogP contribution >= 0.6 is 11.6 Å². The second-order valence-corrected chi connectivity index (χ2v) is 6.56. The molecule has 0 unspecified atom stereocenters. The van der Waals surface area contributed by atoms with Crippen LogP contribution in [-0.2, 0) is 0 Å². The van der Waals surface area contributed by atoms with E-state index in [1.807, 2.05) is 54.3 Å². The number of anilines is 1. The highest BCUT2D eigenvalue weighted by Crippen LogP contribution is 2.32. The molecule has 0 saturated carbocycles. The third kappa shape index (κ3) is 3.54. The van der Waals surface area contributed by atoms with Gasteiger partial charge in [0.05, 0.1) is 30.4 Å². The number of aliphatic imine (C=N–C) groups is 1. The van der Waals surface area contributed by atoms with Crippen LogP contribution in [-0.4, -0.2) is 31.2 Å². The molecule has 2 aromatic carbocycles. The Hall–Kier alpha value is -2.33. The second-order valence-electron chi connectivity index (χ2n) is 6.13. The van der Waals surface area contributed by atoms with Crippen LogP contribution in [0.1, 0.15) is 31.4 Å². The summed E-state index contributed by atoms with van der Waals surface area (Å²) < 4.78 is 5.42. The quantitative estimate of drug-likeness (QED) is 0.636. The summed E-state index contributed by atoms with van der Waals surface area (Å²) in [6.07, 6.45) is 0.909. The number of benzene rings is 2. The van der Waals surface area contributed by atoms with Crippen molar-refractivity contribution in [2.75, 3.05) is 18.6 Å². The number of nitrogens with one attached hydrogen (secondary N) is 1. The van der Waals surface area contributed by atoms with Crippen molar-refractivity contribution in [1.82, 2.24) is 0 Å². The molecule has 1 aliphatic rings. The summed E-state index contributed by atoms with van der Waals surface area (Å²) in [4.78, 5) is 7.05. The summed E-state index contributed by atoms with van der Waals surface area (Å²) >= 11 is 6.06. The number of methoxy groups -OCH3 is 1. The standard InChI is InChI=1S/C20H22ClN3O/c1-4-16-12-24(13(2)22)19-10-9-17(25-3)11-18(19)20(23-16)14-5-7-15(21)8-6-14/h5-11,16,22H,4,12H2,1-3H3/t16-/m0/s1. The summed E-state index contributed by atoms with van der Waals surface area (Å²) in [7, 11) is 1.66. The minimum atomic E-state index is 0.115. The number of hydrogen-bond donors (Lipinski definition) is 1. The maximum absolute atomic E-state index is 8.21. The van der Waals surface area contributed by atoms with E-state index in [0.29, 0.717) is 17.4 Å². The number of halogens is 1. The van der Waals surface area contributed by atoms with Gasteiger partial charge in [-0.05, 0) is 43.7 Å². The summed E-state index contributed by atoms with van der Waals surface area (Å²) in [5.41, 5.74) is 3.89. The number of hydrogen-bond acceptors (Lipinski definition) is 3. The molecule has 0 aromatic heterocycles. The zero-order chi connectivity index (χ0) is 18.0. The van der Waals surface area contributed by atoms with Gasteiger partial charge in [-0.3, -0.25) is 10.4 Å². The molecule has 1 heterocycles. The lowest BCUT2D eigenvalue weighted by Gasteiger charge is -2.25. The van der Waals surface area contributed by atoms with Gasteiger partial charge in [-0.15, -0.1) is 0 Å². The molecule has 0 saturated heterocycles. The Morgan fingerprint density at radius 3 is 2.60 bits per heavy atom. The van der Waals surface area contributed by atoms with Crippen LogP contribution in [0, 0.1) is 5.41 Å². The van der Waals surface area contributed by atoms with Gasteiger partial charge in [-0.2, -0.15) is 0 Å². The molecule has 0 spiro atoms. The number of rotatable bonds is 3. The van der Waals surface area contributed by atoms with Gasteiger partial charge in [0.25, 0.3) is 0 Å². The van der Waals surface area contributed by atoms with Gasteiger partial charge in [-0.25, -0.2) is 0 Å². The molecule has 0 amide bonds. The molecule has 0 aliphatic carbocycles. The van der Waals surface area contributed by atoms with E-state index in [9.17, 15) is 0 Å². The fraction of sp³-hybridized carbons (Fsp3) is 0.300. The van der Waals surface area contributed by atoms with Crippen LogP contribution in [0.15, 0.2) is 47.5 Å². The Labute approximate surface area is 153 Å². The number of benzodiazepines with no additional fused rings is 1. The maximum atomic E-state index is 8.21. The zero-order valence-electron chi connectivity index (χ0n) is 14.7. The zero-order valence-corrected chi connectivity index (χ0v) is 15.5. The Balaban J connectivity index is 2.23. The van der Waals surface area contributed by atoms with Gasteiger partial charge in [0.1, 0.15) is 5.75 Å². The topological polar surface area (TPSA) is 48.7 Å². The van der Waals surface area contributed by atoms with E-state index in [1.54, 1.807) is 7.11 Å². The molecule has 5 heteroatoms. The summed E-state index contributed by atoms with van der Waals surface area (Å²) in [5, 5.41) is 8.91. The van der Waals surface area contributed by atoms with Crippen LogP contribution in [0.2, 0.25) is 5.02 Å². The highest BCUT2D eigenvalue weighted by atomic mass is 35.5. The Bertz CT molecular complexity index is 814. The van der Waals surface area contributed by atoms with Gasteiger partial charge < -0.3 is 9.64 Å². The first-order valence-corrected chi connectivity index (χ1v) is 8.76. The molecule has 1 aliphatic heterocycles. The summed E-state index contributed by atoms with van der Waals surface area (Å²) in [5.74, 6) is 1.29. The van der Waals surface area contributed by atoms with Crippen LogP contribution < -0.4 is 9.64 Å². The van der Waals surface area contributed by atoms with Gasteiger partial charge in [0, 0.05) is 22.7 Å². The lowest BCUT2D eigenvalue weighted by Crippen LogP contribution is -2.34. The SMILES string of the molecule is CC[C@H]1CN(C(C)=N)c2ccc(OC)cc2C(c2ccc(Cl)cc2)=N1. The first-order chi connectivity index (χ1) is 12.0. The minimum absolute atomic E-state index is 0.115. The van der Waals surface area contributed by atoms with Crippen molar-refractivity contribution in [3.8, 4) is 5.75 Å². The number of fused-ring (bicyclic) bond motifs is 1. The smallest absolute Gasteiger partial charge is 0.119 e. The molecule has 25 heavy (non-hydrogen) atoms. The third-order valence-corrected chi connectivity index (χ3v) is 4.70. The molecule has 0 radical (unpaired) electrons. The highest BCUT2D eigenvalue weighted by molar-refractivity contribution is 6.30. The van der Waals surface area contributed by atoms with Crippen molar-refractivity contribution < 1.29 is 4.74 Å². The van der Waals surface area contributed by atoms with Crippen molar-refractivity contribution in [3.05, 3.63) is 58.6 Å². The predicted molar refractivity (Wildman–Crippen MR) is 105 cm³/mol. The first-order valence-electron chi connectivity index (χ1n) is 8.38. The van der Waals surface area contributed by atoms with E-state index in [0.717, 1.165) is 34.7 Å². The van der Waals surface area contributed by atoms with E-state index in [2.05, 4.69) is 6.92 Å². The van der Waals surface area contributed by atoms with Crippen molar-refractivity contribution >= 4 is 28.8 Å². The van der Waals surface area contributed by atoms with Crippen molar-refractivity contribution in [1.29, 1.82) is 5.41 Å². The summed E-state index contributed by atoms with van der Waals surface area (Å²) in [6.45, 7) is 4.64. The monoisotopic (exact) mass is 355 g/mol. The lowest BCUT2D eigenvalue weighted by atomic mass is 9.99. The second kappa shape index (κ2) is 7.28. The molecule has 2 aromatic rings. The van der Waals surface area contributed by atoms with Gasteiger partial charge in [0.15, 0.2) is 0 Å². The van der Waals surface area contributed by atoms with Crippen LogP contribution in [0.3, 0.4) is 0 Å². The molecule has 1 atom stereocenters. The Morgan fingerprint density at radius 2 is 2.00 bits per heavy atom. The first kappa shape index (κ1) is 17.5. The number of ether oxygens (including phenoxy) is 1. The third-order valence-electron chi connectivity index (χ3n) is 4.45. The van der Waals surface area contributed by atoms with Crippen LogP contribution in [0.5, 0.6) is 5.75 Å². The van der Waals surface area contributed by atoms with Crippen LogP contribution in [0.4, 0.5) is 5.69 Å². The van der Waals surface area contributed by atoms with Gasteiger partial charge in [-0.1, -0.05) is 30.7 Å². The van der Waals surface area contributed by atoms with Crippen molar-refractivity contribution in [3.63, 3.8) is 0 Å². The highest BCUT2D eigenvalue weighted by Gasteiger charge is 2.25. The Kier molecular flexibility index (Phi) is 5.09. The van der Waals surface area contributed by atoms with E-state index in [1.165, 1.54) is 0 Å². The number of nitrogens with zero attached hydrogens (tertiary/aromatic N) is 2. The average molecular weight is 356 g/mol. The normalized spacial score (nSPS) is 16.7. The van der Waals surface area contributed by atoms with Gasteiger partial charge in [0.2, 0.25) is 0 Å². The van der Waals surface area contributed by atoms with E-state index in [-0.39, 0.29) is 6.04 Å². The van der Waals surface area contributed by atoms with Crippen molar-refractivity contribution in [2.45, 2.75) is 26.3 Å². The van der Waals surface area contributed by atoms with Crippen LogP contribution in [0.25, 0.3) is 0 Å². The largest absolute Gasteiger partial charge is 0.497 e. The molecular formula is C20H22ClN3O. The molecule has 0 fully saturated rings. The molecular weight excluding hydrogens is 334 g/mol. The molecule has 4 nitrogen and oxygen atoms in total. The van der Waals surface area contributed by atoms with E-state index < -0.39 is 0 Å². The fourth-order valence-electron chi connectivity index (χ4n) is 3.04. The molecule has 130 valence electrons. The minimum Gasteiger partial charge on any atom is -0.497 e. The predicted octanol–water partition coefficient (Wildman–Crippen LogP) is 4.78. The summed E-state index contributed by atoms with van der Waals surface area (Å²) in [6, 6.07) is 13.8. The Morgan fingerprint density at radius 1 is 1.28 bits per heavy atom. The molecule has 3 rings (SSSR count). The average Bonchev–Trinajstić information content (AvgIpc) is 2.79. The van der Waals surface area contributed by atoms with Crippen molar-refractivity contribution in [2.24, 2.45) is 4.99 Å². The van der Waals surface area contributed by atoms with E-state index in [4.69, 9.17) is 26.7 Å². The maximum Gasteiger partial charge on any atom is 0.119 e. The molecule has 1 N–H and O–H groups in total. The molecule has 0 bridgehead atoms. The van der Waals surface area contributed by atoms with Gasteiger partial charge >= 0.3 is 0 Å². The fourth-order valence-corrected chi connectivity index (χ4v) is 3.17.